The zero-order valence-corrected chi connectivity index (χ0v) is 47.0. The molecule has 5 rings (SSSR count). The van der Waals surface area contributed by atoms with Gasteiger partial charge in [0.05, 0.1) is 26.4 Å². The fraction of sp³-hybridized carbons (Fsp3) is 0.533. The maximum atomic E-state index is 6.95. The molecule has 0 saturated carbocycles. The molecule has 0 saturated heterocycles. The molecule has 8 N–H and O–H groups in total. The predicted octanol–water partition coefficient (Wildman–Crippen LogP) is 8.49. The highest BCUT2D eigenvalue weighted by molar-refractivity contribution is 6.00. The third-order valence-corrected chi connectivity index (χ3v) is 12.4. The number of fused-ring (bicyclic) bond motifs is 8. The van der Waals surface area contributed by atoms with Gasteiger partial charge in [-0.1, -0.05) is 27.7 Å². The zero-order chi connectivity index (χ0) is 54.7. The van der Waals surface area contributed by atoms with Gasteiger partial charge in [-0.15, -0.1) is 0 Å². The van der Waals surface area contributed by atoms with Crippen LogP contribution in [-0.2, 0) is 44.6 Å². The highest BCUT2D eigenvalue weighted by atomic mass is 16.5. The summed E-state index contributed by atoms with van der Waals surface area (Å²) in [6.07, 6.45) is 4.70. The Morgan fingerprint density at radius 3 is 0.658 bits per heavy atom. The summed E-state index contributed by atoms with van der Waals surface area (Å²) in [4.78, 5) is 19.3. The number of amidine groups is 4. The van der Waals surface area contributed by atoms with Crippen molar-refractivity contribution in [1.82, 2.24) is 0 Å². The monoisotopic (exact) mass is 1050 g/mol. The molecule has 1 aliphatic rings. The molecular formula is C60H88N8O8. The highest BCUT2D eigenvalue weighted by Crippen LogP contribution is 2.41. The van der Waals surface area contributed by atoms with Gasteiger partial charge in [-0.05, 0) is 146 Å². The predicted molar refractivity (Wildman–Crippen MR) is 308 cm³/mol. The summed E-state index contributed by atoms with van der Waals surface area (Å²) < 4.78 is 51.2. The quantitative estimate of drug-likeness (QED) is 0.0181. The summed E-state index contributed by atoms with van der Waals surface area (Å²) >= 11 is 0. The molecule has 0 spiro atoms. The van der Waals surface area contributed by atoms with Crippen molar-refractivity contribution < 1.29 is 37.9 Å². The van der Waals surface area contributed by atoms with E-state index in [0.29, 0.717) is 177 Å². The Kier molecular flexibility index (Phi) is 26.4. The smallest absolute Gasteiger partial charge is 0.126 e. The summed E-state index contributed by atoms with van der Waals surface area (Å²) in [6, 6.07) is 16.6. The van der Waals surface area contributed by atoms with Crippen molar-refractivity contribution >= 4 is 23.3 Å². The van der Waals surface area contributed by atoms with Crippen LogP contribution in [0.5, 0.6) is 23.0 Å². The summed E-state index contributed by atoms with van der Waals surface area (Å²) in [7, 11) is 0. The van der Waals surface area contributed by atoms with Crippen LogP contribution in [0.4, 0.5) is 0 Å². The van der Waals surface area contributed by atoms with Gasteiger partial charge in [0.15, 0.2) is 0 Å². The zero-order valence-electron chi connectivity index (χ0n) is 47.0. The van der Waals surface area contributed by atoms with E-state index in [-0.39, 0.29) is 0 Å². The molecule has 0 heterocycles. The maximum absolute atomic E-state index is 6.95. The maximum Gasteiger partial charge on any atom is 0.126 e. The van der Waals surface area contributed by atoms with E-state index >= 15 is 0 Å². The lowest BCUT2D eigenvalue weighted by atomic mass is 9.88. The largest absolute Gasteiger partial charge is 0.491 e. The number of hydrogen-bond acceptors (Lipinski definition) is 12. The fourth-order valence-corrected chi connectivity index (χ4v) is 8.90. The molecule has 8 bridgehead atoms. The molecule has 16 nitrogen and oxygen atoms in total. The SMILES string of the molecule is CCCN=C(N)c1cc2c(OCCOCC)c(c1)Cc1cc(C(N)=NCCC)cc(c1OCCOCC)Cc1cc(C(N)=NCCC)cc(c1OCCOCC)Cc1cc(C(N)=NCCC)cc(c1OCCOCC)C2. The summed E-state index contributed by atoms with van der Waals surface area (Å²) in [5.74, 6) is 4.41. The van der Waals surface area contributed by atoms with E-state index in [1.807, 2.05) is 27.7 Å². The van der Waals surface area contributed by atoms with Crippen LogP contribution in [0.2, 0.25) is 0 Å². The molecule has 76 heavy (non-hydrogen) atoms. The summed E-state index contributed by atoms with van der Waals surface area (Å²) in [5.41, 5.74) is 37.7. The Morgan fingerprint density at radius 2 is 0.500 bits per heavy atom. The number of nitrogens with two attached hydrogens (primary N) is 4. The fourth-order valence-electron chi connectivity index (χ4n) is 8.90. The number of aliphatic imine (C=N–C) groups is 4. The van der Waals surface area contributed by atoms with Crippen LogP contribution < -0.4 is 41.9 Å². The third kappa shape index (κ3) is 18.0. The molecule has 0 atom stereocenters. The van der Waals surface area contributed by atoms with Crippen molar-refractivity contribution in [3.8, 4) is 23.0 Å². The van der Waals surface area contributed by atoms with Crippen molar-refractivity contribution in [2.45, 2.75) is 107 Å². The van der Waals surface area contributed by atoms with Crippen molar-refractivity contribution in [3.63, 3.8) is 0 Å². The minimum atomic E-state index is 0.291. The first kappa shape index (κ1) is 60.7. The Balaban J connectivity index is 2.04. The number of hydrogen-bond donors (Lipinski definition) is 4. The van der Waals surface area contributed by atoms with Gasteiger partial charge in [-0.25, -0.2) is 0 Å². The van der Waals surface area contributed by atoms with Crippen LogP contribution in [0, 0.1) is 0 Å². The Hall–Kier alpha value is -6.20. The second-order valence-electron chi connectivity index (χ2n) is 18.5. The van der Waals surface area contributed by atoms with Gasteiger partial charge in [0.2, 0.25) is 0 Å². The van der Waals surface area contributed by atoms with Gasteiger partial charge in [0.1, 0.15) is 72.8 Å². The van der Waals surface area contributed by atoms with Crippen LogP contribution in [0.25, 0.3) is 0 Å². The van der Waals surface area contributed by atoms with Gasteiger partial charge in [0.25, 0.3) is 0 Å². The molecule has 416 valence electrons. The second-order valence-corrected chi connectivity index (χ2v) is 18.5. The Labute approximate surface area is 453 Å². The molecule has 0 amide bonds. The molecule has 0 aromatic heterocycles. The third-order valence-electron chi connectivity index (χ3n) is 12.4. The molecule has 4 aromatic rings. The van der Waals surface area contributed by atoms with Crippen molar-refractivity contribution in [2.24, 2.45) is 42.9 Å². The number of nitrogens with zero attached hydrogens (tertiary/aromatic N) is 4. The second kappa shape index (κ2) is 33.1. The number of rotatable bonds is 32. The molecule has 0 fully saturated rings. The first-order valence-corrected chi connectivity index (χ1v) is 27.7. The van der Waals surface area contributed by atoms with Crippen LogP contribution in [0.15, 0.2) is 68.5 Å². The van der Waals surface area contributed by atoms with Gasteiger partial charge < -0.3 is 60.8 Å². The van der Waals surface area contributed by atoms with E-state index in [1.165, 1.54) is 0 Å². The van der Waals surface area contributed by atoms with Crippen molar-refractivity contribution in [2.75, 3.05) is 105 Å². The summed E-state index contributed by atoms with van der Waals surface area (Å²) in [6.45, 7) is 23.4. The molecule has 16 heteroatoms. The van der Waals surface area contributed by atoms with Crippen molar-refractivity contribution in [3.05, 3.63) is 115 Å². The average molecular weight is 1050 g/mol. The Bertz CT molecular complexity index is 2130. The molecule has 0 unspecified atom stereocenters. The van der Waals surface area contributed by atoms with E-state index in [4.69, 9.17) is 80.8 Å². The van der Waals surface area contributed by atoms with E-state index in [0.717, 1.165) is 92.4 Å². The topological polar surface area (TPSA) is 227 Å². The van der Waals surface area contributed by atoms with Crippen LogP contribution >= 0.6 is 0 Å². The standard InChI is InChI=1S/C60H88N8O8/c1-9-17-65-57(61)49-33-41-29-43-35-50(58(62)66-18-10-2)37-45(54(43)74-26-22-70-14-6)31-47-39-52(60(64)68-20-12-4)40-48(56(47)76-28-24-72-16-8)32-46-38-51(59(63)67-19-11-3)36-44(55(46)75-27-23-71-15-7)30-42(34-49)53(41)73-25-21-69-13-5/h33-40H,9-32H2,1-8H3,(H2,61,65)(H2,62,66)(H2,63,67)(H2,64,68). The Morgan fingerprint density at radius 1 is 0.316 bits per heavy atom. The number of ether oxygens (including phenoxy) is 8. The lowest BCUT2D eigenvalue weighted by Gasteiger charge is -2.25. The van der Waals surface area contributed by atoms with E-state index < -0.39 is 0 Å². The van der Waals surface area contributed by atoms with Crippen LogP contribution in [-0.4, -0.2) is 129 Å². The van der Waals surface area contributed by atoms with Gasteiger partial charge >= 0.3 is 0 Å². The van der Waals surface area contributed by atoms with Gasteiger partial charge in [0, 0.05) is 101 Å². The van der Waals surface area contributed by atoms with E-state index in [2.05, 4.69) is 76.2 Å². The molecule has 0 aliphatic heterocycles. The molecule has 4 aromatic carbocycles. The lowest BCUT2D eigenvalue weighted by molar-refractivity contribution is 0.108. The molecule has 0 radical (unpaired) electrons. The van der Waals surface area contributed by atoms with Crippen LogP contribution in [0.3, 0.4) is 0 Å². The van der Waals surface area contributed by atoms with Crippen LogP contribution in [0.1, 0.15) is 148 Å². The normalized spacial score (nSPS) is 13.3. The van der Waals surface area contributed by atoms with E-state index in [1.54, 1.807) is 0 Å². The highest BCUT2D eigenvalue weighted by Gasteiger charge is 2.26. The minimum absolute atomic E-state index is 0.291. The van der Waals surface area contributed by atoms with Crippen molar-refractivity contribution in [1.29, 1.82) is 0 Å². The average Bonchev–Trinajstić information content (AvgIpc) is 3.42. The van der Waals surface area contributed by atoms with Gasteiger partial charge in [-0.2, -0.15) is 0 Å². The first-order valence-electron chi connectivity index (χ1n) is 27.7. The lowest BCUT2D eigenvalue weighted by Crippen LogP contribution is -2.20. The molecular weight excluding hydrogens is 961 g/mol. The first-order chi connectivity index (χ1) is 37.0. The summed E-state index contributed by atoms with van der Waals surface area (Å²) in [5, 5.41) is 0. The van der Waals surface area contributed by atoms with Gasteiger partial charge in [-0.3, -0.25) is 20.0 Å². The van der Waals surface area contributed by atoms with E-state index in [9.17, 15) is 0 Å². The minimum Gasteiger partial charge on any atom is -0.491 e. The molecule has 1 aliphatic carbocycles. The number of benzene rings is 4.